The van der Waals surface area contributed by atoms with Crippen molar-refractivity contribution in [3.8, 4) is 0 Å². The van der Waals surface area contributed by atoms with Gasteiger partial charge in [0, 0.05) is 0 Å². The third kappa shape index (κ3) is 12.9. The number of hydrogen-bond acceptors (Lipinski definition) is 6. The van der Waals surface area contributed by atoms with E-state index in [-0.39, 0.29) is 6.61 Å². The lowest BCUT2D eigenvalue weighted by molar-refractivity contribution is -0.147. The van der Waals surface area contributed by atoms with Gasteiger partial charge < -0.3 is 9.47 Å². The molecule has 0 spiro atoms. The van der Waals surface area contributed by atoms with Crippen LogP contribution in [0.15, 0.2) is 12.3 Å². The highest BCUT2D eigenvalue weighted by Gasteiger charge is 2.35. The first kappa shape index (κ1) is 24.6. The van der Waals surface area contributed by atoms with Crippen molar-refractivity contribution in [1.29, 1.82) is 0 Å². The van der Waals surface area contributed by atoms with Gasteiger partial charge in [0.2, 0.25) is 0 Å². The molecule has 152 valence electrons. The lowest BCUT2D eigenvalue weighted by atomic mass is 10.1. The van der Waals surface area contributed by atoms with Crippen molar-refractivity contribution < 1.29 is 32.0 Å². The molecule has 0 radical (unpaired) electrons. The van der Waals surface area contributed by atoms with Crippen LogP contribution in [0.1, 0.15) is 78.1 Å². The molecule has 0 aromatic heterocycles. The van der Waals surface area contributed by atoms with Gasteiger partial charge in [-0.15, -0.1) is 0 Å². The molecular formula is C18H32O7S. The average molecular weight is 393 g/mol. The predicted octanol–water partition coefficient (Wildman–Crippen LogP) is 3.78. The van der Waals surface area contributed by atoms with Gasteiger partial charge in [-0.25, -0.2) is 0 Å². The number of allylic oxidation sites excluding steroid dienone is 1. The normalized spacial score (nSPS) is 12.9. The molecule has 0 aliphatic rings. The number of carbonyl (C=O) groups excluding carboxylic acids is 2. The SMILES string of the molecule is C/C=C/OC(=O)C(CC(=O)OCCCCCCCCCCC)S(=O)(=O)O. The summed E-state index contributed by atoms with van der Waals surface area (Å²) in [4.78, 5) is 23.3. The minimum Gasteiger partial charge on any atom is -0.466 e. The van der Waals surface area contributed by atoms with Crippen molar-refractivity contribution in [1.82, 2.24) is 0 Å². The fraction of sp³-hybridized carbons (Fsp3) is 0.778. The topological polar surface area (TPSA) is 107 Å². The monoisotopic (exact) mass is 392 g/mol. The van der Waals surface area contributed by atoms with Crippen LogP contribution in [0.25, 0.3) is 0 Å². The van der Waals surface area contributed by atoms with Crippen molar-refractivity contribution >= 4 is 22.1 Å². The number of esters is 2. The van der Waals surface area contributed by atoms with Crippen LogP contribution in [0.3, 0.4) is 0 Å². The first-order valence-electron chi connectivity index (χ1n) is 9.26. The highest BCUT2D eigenvalue weighted by molar-refractivity contribution is 7.87. The molecule has 0 aromatic carbocycles. The molecule has 26 heavy (non-hydrogen) atoms. The van der Waals surface area contributed by atoms with E-state index < -0.39 is 33.7 Å². The van der Waals surface area contributed by atoms with Crippen molar-refractivity contribution in [2.45, 2.75) is 83.3 Å². The molecule has 1 unspecified atom stereocenters. The number of unbranched alkanes of at least 4 members (excludes halogenated alkanes) is 8. The van der Waals surface area contributed by atoms with E-state index in [0.717, 1.165) is 25.5 Å². The maximum absolute atomic E-state index is 11.7. The van der Waals surface area contributed by atoms with Crippen LogP contribution in [0, 0.1) is 0 Å². The van der Waals surface area contributed by atoms with Crippen LogP contribution in [0.5, 0.6) is 0 Å². The van der Waals surface area contributed by atoms with Gasteiger partial charge in [-0.2, -0.15) is 8.42 Å². The van der Waals surface area contributed by atoms with Gasteiger partial charge in [-0.1, -0.05) is 64.4 Å². The molecule has 0 rings (SSSR count). The Morgan fingerprint density at radius 1 is 1.00 bits per heavy atom. The molecule has 0 fully saturated rings. The lowest BCUT2D eigenvalue weighted by Crippen LogP contribution is -2.33. The third-order valence-electron chi connectivity index (χ3n) is 3.81. The molecule has 0 amide bonds. The summed E-state index contributed by atoms with van der Waals surface area (Å²) < 4.78 is 41.0. The largest absolute Gasteiger partial charge is 0.466 e. The van der Waals surface area contributed by atoms with E-state index in [1.165, 1.54) is 38.2 Å². The summed E-state index contributed by atoms with van der Waals surface area (Å²) in [7, 11) is -4.75. The molecule has 0 aliphatic carbocycles. The van der Waals surface area contributed by atoms with E-state index in [9.17, 15) is 18.0 Å². The molecule has 7 nitrogen and oxygen atoms in total. The van der Waals surface area contributed by atoms with Gasteiger partial charge in [0.25, 0.3) is 10.1 Å². The van der Waals surface area contributed by atoms with Gasteiger partial charge in [-0.3, -0.25) is 14.1 Å². The third-order valence-corrected chi connectivity index (χ3v) is 4.88. The molecule has 0 saturated heterocycles. The second-order valence-corrected chi connectivity index (χ2v) is 7.76. The molecule has 1 atom stereocenters. The minimum absolute atomic E-state index is 0.163. The summed E-state index contributed by atoms with van der Waals surface area (Å²) in [6.07, 6.45) is 11.7. The maximum atomic E-state index is 11.7. The van der Waals surface area contributed by atoms with E-state index in [2.05, 4.69) is 11.7 Å². The highest BCUT2D eigenvalue weighted by atomic mass is 32.2. The highest BCUT2D eigenvalue weighted by Crippen LogP contribution is 2.11. The summed E-state index contributed by atoms with van der Waals surface area (Å²) >= 11 is 0. The molecule has 1 N–H and O–H groups in total. The zero-order chi connectivity index (χ0) is 19.8. The minimum atomic E-state index is -4.75. The Morgan fingerprint density at radius 2 is 1.54 bits per heavy atom. The van der Waals surface area contributed by atoms with Gasteiger partial charge in [0.05, 0.1) is 19.3 Å². The Hall–Kier alpha value is -1.41. The summed E-state index contributed by atoms with van der Waals surface area (Å²) in [6.45, 7) is 3.91. The zero-order valence-electron chi connectivity index (χ0n) is 15.8. The molecule has 0 aromatic rings. The van der Waals surface area contributed by atoms with Crippen molar-refractivity contribution in [3.05, 3.63) is 12.3 Å². The first-order chi connectivity index (χ1) is 12.3. The van der Waals surface area contributed by atoms with E-state index in [1.54, 1.807) is 6.92 Å². The van der Waals surface area contributed by atoms with E-state index in [4.69, 9.17) is 9.29 Å². The molecule has 0 aliphatic heterocycles. The summed E-state index contributed by atoms with van der Waals surface area (Å²) in [5, 5.41) is -1.98. The smallest absolute Gasteiger partial charge is 0.332 e. The van der Waals surface area contributed by atoms with E-state index >= 15 is 0 Å². The van der Waals surface area contributed by atoms with E-state index in [1.807, 2.05) is 0 Å². The second-order valence-electron chi connectivity index (χ2n) is 6.16. The molecular weight excluding hydrogens is 360 g/mol. The van der Waals surface area contributed by atoms with Gasteiger partial charge in [-0.05, 0) is 13.3 Å². The Kier molecular flexibility index (Phi) is 13.9. The number of ether oxygens (including phenoxy) is 2. The van der Waals surface area contributed by atoms with Gasteiger partial charge in [0.1, 0.15) is 0 Å². The summed E-state index contributed by atoms with van der Waals surface area (Å²) in [6, 6.07) is 0. The number of hydrogen-bond donors (Lipinski definition) is 1. The van der Waals surface area contributed by atoms with Crippen LogP contribution >= 0.6 is 0 Å². The number of carbonyl (C=O) groups is 2. The average Bonchev–Trinajstić information content (AvgIpc) is 2.58. The van der Waals surface area contributed by atoms with Crippen molar-refractivity contribution in [2.75, 3.05) is 6.61 Å². The first-order valence-corrected chi connectivity index (χ1v) is 10.8. The van der Waals surface area contributed by atoms with Crippen LogP contribution < -0.4 is 0 Å². The fourth-order valence-electron chi connectivity index (χ4n) is 2.33. The lowest BCUT2D eigenvalue weighted by Gasteiger charge is -2.11. The molecule has 0 heterocycles. The van der Waals surface area contributed by atoms with Crippen molar-refractivity contribution in [3.63, 3.8) is 0 Å². The van der Waals surface area contributed by atoms with Gasteiger partial charge >= 0.3 is 11.9 Å². The summed E-state index contributed by atoms with van der Waals surface area (Å²) in [5.74, 6) is -2.07. The van der Waals surface area contributed by atoms with Crippen molar-refractivity contribution in [2.24, 2.45) is 0 Å². The predicted molar refractivity (Wildman–Crippen MR) is 99.0 cm³/mol. The number of rotatable bonds is 15. The Balaban J connectivity index is 3.98. The van der Waals surface area contributed by atoms with Crippen LogP contribution in [-0.4, -0.2) is 36.8 Å². The molecule has 0 bridgehead atoms. The second kappa shape index (κ2) is 14.7. The van der Waals surface area contributed by atoms with Crippen LogP contribution in [-0.2, 0) is 29.2 Å². The maximum Gasteiger partial charge on any atom is 0.332 e. The summed E-state index contributed by atoms with van der Waals surface area (Å²) in [5.41, 5.74) is 0. The van der Waals surface area contributed by atoms with Gasteiger partial charge in [0.15, 0.2) is 5.25 Å². The standard InChI is InChI=1S/C18H32O7S/c1-3-5-6-7-8-9-10-11-12-14-24-17(19)15-16(26(21,22)23)18(20)25-13-4-2/h4,13,16H,3,5-12,14-15H2,1-2H3,(H,21,22,23)/b13-4+. The zero-order valence-corrected chi connectivity index (χ0v) is 16.6. The fourth-order valence-corrected chi connectivity index (χ4v) is 2.98. The quantitative estimate of drug-likeness (QED) is 0.195. The Bertz CT molecular complexity index is 526. The Labute approximate surface area is 156 Å². The van der Waals surface area contributed by atoms with Crippen LogP contribution in [0.4, 0.5) is 0 Å². The Morgan fingerprint density at radius 3 is 2.04 bits per heavy atom. The molecule has 0 saturated carbocycles. The molecule has 8 heteroatoms. The van der Waals surface area contributed by atoms with Crippen LogP contribution in [0.2, 0.25) is 0 Å². The van der Waals surface area contributed by atoms with E-state index in [0.29, 0.717) is 6.42 Å².